The number of aryl methyl sites for hydroxylation is 1. The van der Waals surface area contributed by atoms with Crippen molar-refractivity contribution >= 4 is 45.8 Å². The Kier molecular flexibility index (Phi) is 8.20. The first-order chi connectivity index (χ1) is 21.7. The van der Waals surface area contributed by atoms with Crippen molar-refractivity contribution in [2.24, 2.45) is 13.0 Å². The lowest BCUT2D eigenvalue weighted by molar-refractivity contribution is -0.111. The van der Waals surface area contributed by atoms with Crippen molar-refractivity contribution < 1.29 is 19.1 Å². The number of methoxy groups -OCH3 is 1. The average molecular weight is 610 g/mol. The summed E-state index contributed by atoms with van der Waals surface area (Å²) in [6.45, 7) is 10.4. The maximum Gasteiger partial charge on any atom is 0.342 e. The van der Waals surface area contributed by atoms with Crippen molar-refractivity contribution in [3.63, 3.8) is 0 Å². The normalized spacial score (nSPS) is 18.7. The van der Waals surface area contributed by atoms with E-state index >= 15 is 0 Å². The number of carbonyl (C=O) groups is 2. The SMILES string of the molecule is C=CC(=O)Nc1cc(Nc2ncc(C(=O)OC(C)C)c(-c3cn(C)c4ccccc34)n2)c(OC)cc1N(C)C1CN2CCC1C2. The van der Waals surface area contributed by atoms with E-state index in [1.807, 2.05) is 54.2 Å². The van der Waals surface area contributed by atoms with Crippen molar-refractivity contribution in [3.05, 3.63) is 67.0 Å². The number of nitrogens with one attached hydrogen (secondary N) is 2. The van der Waals surface area contributed by atoms with Gasteiger partial charge in [-0.25, -0.2) is 14.8 Å². The third kappa shape index (κ3) is 5.83. The van der Waals surface area contributed by atoms with E-state index < -0.39 is 5.97 Å². The topological polar surface area (TPSA) is 114 Å². The van der Waals surface area contributed by atoms with Gasteiger partial charge in [0, 0.05) is 68.2 Å². The van der Waals surface area contributed by atoms with Crippen LogP contribution in [-0.4, -0.2) is 77.2 Å². The summed E-state index contributed by atoms with van der Waals surface area (Å²) in [6, 6.07) is 12.0. The summed E-state index contributed by atoms with van der Waals surface area (Å²) in [5, 5.41) is 7.20. The smallest absolute Gasteiger partial charge is 0.342 e. The molecule has 0 aliphatic carbocycles. The van der Waals surface area contributed by atoms with Gasteiger partial charge in [-0.2, -0.15) is 0 Å². The second-order valence-electron chi connectivity index (χ2n) is 12.0. The highest BCUT2D eigenvalue weighted by Crippen LogP contribution is 2.42. The highest BCUT2D eigenvalue weighted by Gasteiger charge is 2.40. The minimum Gasteiger partial charge on any atom is -0.494 e. The first-order valence-corrected chi connectivity index (χ1v) is 15.2. The molecule has 4 aromatic rings. The van der Waals surface area contributed by atoms with Gasteiger partial charge in [0.1, 0.15) is 11.3 Å². The molecule has 1 amide bonds. The lowest BCUT2D eigenvalue weighted by atomic mass is 9.98. The van der Waals surface area contributed by atoms with Gasteiger partial charge in [-0.15, -0.1) is 0 Å². The molecular formula is C34H39N7O4. The van der Waals surface area contributed by atoms with E-state index in [0.717, 1.165) is 48.2 Å². The zero-order valence-electron chi connectivity index (χ0n) is 26.3. The molecule has 2 fully saturated rings. The van der Waals surface area contributed by atoms with Gasteiger partial charge in [0.2, 0.25) is 11.9 Å². The Morgan fingerprint density at radius 2 is 1.98 bits per heavy atom. The molecule has 45 heavy (non-hydrogen) atoms. The molecule has 11 nitrogen and oxygen atoms in total. The first-order valence-electron chi connectivity index (χ1n) is 15.2. The maximum atomic E-state index is 13.2. The van der Waals surface area contributed by atoms with E-state index in [4.69, 9.17) is 14.5 Å². The number of piperidine rings is 1. The molecule has 2 aliphatic heterocycles. The molecule has 11 heteroatoms. The maximum absolute atomic E-state index is 13.2. The van der Waals surface area contributed by atoms with Crippen LogP contribution in [0.25, 0.3) is 22.2 Å². The monoisotopic (exact) mass is 609 g/mol. The molecule has 0 radical (unpaired) electrons. The summed E-state index contributed by atoms with van der Waals surface area (Å²) in [6.07, 6.45) is 5.54. The fraction of sp³-hybridized carbons (Fsp3) is 0.353. The number of benzene rings is 2. The van der Waals surface area contributed by atoms with Crippen LogP contribution in [0.15, 0.2) is 61.4 Å². The van der Waals surface area contributed by atoms with E-state index in [2.05, 4.69) is 39.0 Å². The fourth-order valence-electron chi connectivity index (χ4n) is 6.51. The van der Waals surface area contributed by atoms with Gasteiger partial charge in [0.25, 0.3) is 0 Å². The highest BCUT2D eigenvalue weighted by atomic mass is 16.5. The Morgan fingerprint density at radius 3 is 2.67 bits per heavy atom. The van der Waals surface area contributed by atoms with Crippen LogP contribution in [0.3, 0.4) is 0 Å². The number of carbonyl (C=O) groups excluding carboxylic acids is 2. The third-order valence-electron chi connectivity index (χ3n) is 8.69. The number of esters is 1. The number of aromatic nitrogens is 3. The Hall–Kier alpha value is -4.90. The standard InChI is InChI=1S/C34H39N7O4/c1-7-31(42)36-25-14-26(30(44-6)15-28(25)40(5)29-19-41-13-12-21(29)17-41)37-34-35-16-23(33(43)45-20(2)3)32(38-34)24-18-39(4)27-11-9-8-10-22(24)27/h7-11,14-16,18,20-21,29H,1,12-13,17,19H2,2-6H3,(H,36,42)(H,35,37,38). The minimum atomic E-state index is -0.504. The number of para-hydroxylation sites is 1. The van der Waals surface area contributed by atoms with E-state index in [0.29, 0.717) is 34.8 Å². The molecule has 3 atom stereocenters. The van der Waals surface area contributed by atoms with Gasteiger partial charge in [-0.1, -0.05) is 24.8 Å². The summed E-state index contributed by atoms with van der Waals surface area (Å²) >= 11 is 0. The Bertz CT molecular complexity index is 1780. The van der Waals surface area contributed by atoms with Gasteiger partial charge in [0.15, 0.2) is 0 Å². The zero-order valence-corrected chi connectivity index (χ0v) is 26.3. The second-order valence-corrected chi connectivity index (χ2v) is 12.0. The number of nitrogens with zero attached hydrogens (tertiary/aromatic N) is 5. The molecule has 2 aliphatic rings. The van der Waals surface area contributed by atoms with Gasteiger partial charge < -0.3 is 34.5 Å². The summed E-state index contributed by atoms with van der Waals surface area (Å²) in [4.78, 5) is 39.8. The minimum absolute atomic E-state index is 0.250. The van der Waals surface area contributed by atoms with Gasteiger partial charge >= 0.3 is 5.97 Å². The first kappa shape index (κ1) is 30.1. The highest BCUT2D eigenvalue weighted by molar-refractivity contribution is 6.04. The lowest BCUT2D eigenvalue weighted by Gasteiger charge is -2.34. The number of amides is 1. The van der Waals surface area contributed by atoms with Gasteiger partial charge in [-0.05, 0) is 50.9 Å². The van der Waals surface area contributed by atoms with Crippen molar-refractivity contribution in [1.82, 2.24) is 19.4 Å². The molecule has 6 rings (SSSR count). The molecular weight excluding hydrogens is 570 g/mol. The zero-order chi connectivity index (χ0) is 31.8. The van der Waals surface area contributed by atoms with E-state index in [1.165, 1.54) is 12.3 Å². The average Bonchev–Trinajstić information content (AvgIpc) is 3.75. The third-order valence-corrected chi connectivity index (χ3v) is 8.69. The molecule has 2 aromatic heterocycles. The van der Waals surface area contributed by atoms with Crippen molar-refractivity contribution in [2.75, 3.05) is 49.3 Å². The number of rotatable bonds is 10. The lowest BCUT2D eigenvalue weighted by Crippen LogP contribution is -2.41. The van der Waals surface area contributed by atoms with Gasteiger partial charge in [-0.3, -0.25) is 4.79 Å². The van der Waals surface area contributed by atoms with Gasteiger partial charge in [0.05, 0.1) is 36.0 Å². The molecule has 2 bridgehead atoms. The van der Waals surface area contributed by atoms with Crippen LogP contribution < -0.4 is 20.3 Å². The quantitative estimate of drug-likeness (QED) is 0.185. The summed E-state index contributed by atoms with van der Waals surface area (Å²) < 4.78 is 13.4. The van der Waals surface area contributed by atoms with Crippen LogP contribution in [-0.2, 0) is 16.6 Å². The van der Waals surface area contributed by atoms with E-state index in [9.17, 15) is 9.59 Å². The molecule has 2 N–H and O–H groups in total. The molecule has 234 valence electrons. The van der Waals surface area contributed by atoms with Crippen LogP contribution in [0.5, 0.6) is 5.75 Å². The second kappa shape index (κ2) is 12.2. The fourth-order valence-corrected chi connectivity index (χ4v) is 6.51. The van der Waals surface area contributed by atoms with Crippen LogP contribution >= 0.6 is 0 Å². The predicted octanol–water partition coefficient (Wildman–Crippen LogP) is 5.22. The summed E-state index contributed by atoms with van der Waals surface area (Å²) in [5.41, 5.74) is 4.48. The Labute approximate surface area is 262 Å². The molecule has 0 spiro atoms. The number of hydrogen-bond donors (Lipinski definition) is 2. The van der Waals surface area contributed by atoms with Crippen LogP contribution in [0, 0.1) is 5.92 Å². The Morgan fingerprint density at radius 1 is 1.18 bits per heavy atom. The van der Waals surface area contributed by atoms with E-state index in [-0.39, 0.29) is 23.5 Å². The Balaban J connectivity index is 1.42. The van der Waals surface area contributed by atoms with Crippen molar-refractivity contribution in [1.29, 1.82) is 0 Å². The van der Waals surface area contributed by atoms with Crippen LogP contribution in [0.1, 0.15) is 30.6 Å². The van der Waals surface area contributed by atoms with E-state index in [1.54, 1.807) is 21.0 Å². The molecule has 0 saturated carbocycles. The molecule has 3 unspecified atom stereocenters. The van der Waals surface area contributed by atoms with Crippen molar-refractivity contribution in [3.8, 4) is 17.0 Å². The number of hydrogen-bond acceptors (Lipinski definition) is 9. The number of ether oxygens (including phenoxy) is 2. The van der Waals surface area contributed by atoms with Crippen LogP contribution in [0.2, 0.25) is 0 Å². The van der Waals surface area contributed by atoms with Crippen molar-refractivity contribution in [2.45, 2.75) is 32.4 Å². The predicted molar refractivity (Wildman–Crippen MR) is 176 cm³/mol. The molecule has 2 aromatic carbocycles. The molecule has 2 saturated heterocycles. The summed E-state index contributed by atoms with van der Waals surface area (Å²) in [7, 11) is 5.62. The number of anilines is 4. The molecule has 4 heterocycles. The van der Waals surface area contributed by atoms with Crippen LogP contribution in [0.4, 0.5) is 23.0 Å². The number of fused-ring (bicyclic) bond motifs is 3. The summed E-state index contributed by atoms with van der Waals surface area (Å²) in [5.74, 6) is 0.551. The number of likely N-dealkylation sites (N-methyl/N-ethyl adjacent to an activating group) is 1. The largest absolute Gasteiger partial charge is 0.494 e.